The van der Waals surface area contributed by atoms with E-state index in [0.717, 1.165) is 16.4 Å². The van der Waals surface area contributed by atoms with E-state index < -0.39 is 29.2 Å². The second-order valence-corrected chi connectivity index (χ2v) is 7.89. The van der Waals surface area contributed by atoms with Crippen LogP contribution in [0.2, 0.25) is 0 Å². The fourth-order valence-electron chi connectivity index (χ4n) is 2.55. The van der Waals surface area contributed by atoms with Crippen molar-refractivity contribution in [1.29, 1.82) is 0 Å². The zero-order valence-electron chi connectivity index (χ0n) is 15.6. The van der Waals surface area contributed by atoms with Crippen molar-refractivity contribution < 1.29 is 24.3 Å². The van der Waals surface area contributed by atoms with Crippen molar-refractivity contribution >= 4 is 58.3 Å². The van der Waals surface area contributed by atoms with Crippen LogP contribution in [-0.2, 0) is 19.2 Å². The van der Waals surface area contributed by atoms with Crippen LogP contribution in [0.4, 0.5) is 5.13 Å². The van der Waals surface area contributed by atoms with E-state index in [9.17, 15) is 19.5 Å². The Hall–Kier alpha value is -3.00. The molecule has 2 N–H and O–H groups in total. The van der Waals surface area contributed by atoms with E-state index in [2.05, 4.69) is 24.8 Å². The molecule has 0 bridgehead atoms. The molecule has 0 aliphatic carbocycles. The first-order valence-corrected chi connectivity index (χ1v) is 10.0. The third-order valence-corrected chi connectivity index (χ3v) is 5.58. The molecule has 0 radical (unpaired) electrons. The Labute approximate surface area is 173 Å². The highest BCUT2D eigenvalue weighted by Gasteiger charge is 2.53. The van der Waals surface area contributed by atoms with Gasteiger partial charge in [0.15, 0.2) is 0 Å². The first kappa shape index (κ1) is 20.7. The van der Waals surface area contributed by atoms with Gasteiger partial charge in [0.25, 0.3) is 11.8 Å². The second kappa shape index (κ2) is 8.57. The Bertz CT molecular complexity index is 926. The van der Waals surface area contributed by atoms with Crippen molar-refractivity contribution in [3.8, 4) is 0 Å². The lowest BCUT2D eigenvalue weighted by Gasteiger charge is -2.48. The Morgan fingerprint density at radius 3 is 2.90 bits per heavy atom. The number of nitrogens with one attached hydrogen (secondary N) is 1. The van der Waals surface area contributed by atoms with Gasteiger partial charge in [0.1, 0.15) is 24.2 Å². The van der Waals surface area contributed by atoms with Crippen molar-refractivity contribution in [3.63, 3.8) is 0 Å². The summed E-state index contributed by atoms with van der Waals surface area (Å²) in [5, 5.41) is 15.3. The van der Waals surface area contributed by atoms with Gasteiger partial charge in [-0.1, -0.05) is 5.16 Å². The van der Waals surface area contributed by atoms with Gasteiger partial charge in [0.2, 0.25) is 16.7 Å². The maximum absolute atomic E-state index is 12.7. The van der Waals surface area contributed by atoms with E-state index in [1.54, 1.807) is 19.0 Å². The molecular formula is C15H17N7O5S2. The minimum Gasteiger partial charge on any atom is -0.477 e. The molecule has 154 valence electrons. The molecule has 2 atom stereocenters. The summed E-state index contributed by atoms with van der Waals surface area (Å²) in [6.45, 7) is 0. The highest BCUT2D eigenvalue weighted by Crippen LogP contribution is 2.37. The van der Waals surface area contributed by atoms with Crippen molar-refractivity contribution in [2.75, 3.05) is 27.0 Å². The third-order valence-electron chi connectivity index (χ3n) is 3.78. The average molecular weight is 439 g/mol. The number of nitrogens with zero attached hydrogens (tertiary/aromatic N) is 6. The number of aliphatic carboxylic acids is 1. The van der Waals surface area contributed by atoms with E-state index in [-0.39, 0.29) is 17.2 Å². The maximum atomic E-state index is 12.7. The van der Waals surface area contributed by atoms with Gasteiger partial charge in [-0.05, 0) is 6.08 Å². The number of rotatable bonds is 7. The normalized spacial score (nSPS) is 21.3. The molecule has 0 aromatic carbocycles. The molecule has 2 amide bonds. The topological polar surface area (TPSA) is 150 Å². The number of aromatic nitrogens is 2. The Morgan fingerprint density at radius 2 is 2.24 bits per heavy atom. The molecule has 12 nitrogen and oxygen atoms in total. The van der Waals surface area contributed by atoms with Crippen LogP contribution < -0.4 is 5.32 Å². The third kappa shape index (κ3) is 4.22. The summed E-state index contributed by atoms with van der Waals surface area (Å²) in [7, 11) is 4.86. The molecule has 1 aromatic rings. The van der Waals surface area contributed by atoms with Gasteiger partial charge in [-0.3, -0.25) is 14.5 Å². The molecule has 2 aliphatic heterocycles. The minimum absolute atomic E-state index is 0.00584. The smallest absolute Gasteiger partial charge is 0.352 e. The molecule has 2 aliphatic rings. The van der Waals surface area contributed by atoms with Crippen LogP contribution in [0.15, 0.2) is 21.9 Å². The lowest BCUT2D eigenvalue weighted by atomic mass is 10.0. The Morgan fingerprint density at radius 1 is 1.48 bits per heavy atom. The zero-order valence-corrected chi connectivity index (χ0v) is 17.2. The van der Waals surface area contributed by atoms with E-state index in [4.69, 9.17) is 4.84 Å². The van der Waals surface area contributed by atoms with Gasteiger partial charge < -0.3 is 20.2 Å². The van der Waals surface area contributed by atoms with Crippen molar-refractivity contribution in [2.24, 2.45) is 10.1 Å². The summed E-state index contributed by atoms with van der Waals surface area (Å²) in [4.78, 5) is 52.2. The molecule has 0 saturated carbocycles. The van der Waals surface area contributed by atoms with Crippen LogP contribution in [0.1, 0.15) is 5.82 Å². The molecule has 1 unspecified atom stereocenters. The number of hydrogen-bond acceptors (Lipinski definition) is 10. The number of aliphatic imine (C=N–C) groups is 1. The molecular weight excluding hydrogens is 422 g/mol. The number of thioether (sulfide) groups is 1. The predicted molar refractivity (Wildman–Crippen MR) is 106 cm³/mol. The van der Waals surface area contributed by atoms with E-state index in [1.807, 2.05) is 0 Å². The molecule has 1 aromatic heterocycles. The maximum Gasteiger partial charge on any atom is 0.352 e. The first-order chi connectivity index (χ1) is 13.8. The number of carbonyl (C=O) groups excluding carboxylic acids is 2. The quantitative estimate of drug-likeness (QED) is 0.247. The number of hydrogen-bond donors (Lipinski definition) is 2. The van der Waals surface area contributed by atoms with Crippen LogP contribution in [-0.4, -0.2) is 92.5 Å². The van der Waals surface area contributed by atoms with Crippen LogP contribution in [0, 0.1) is 0 Å². The minimum atomic E-state index is -1.19. The molecule has 3 rings (SSSR count). The fourth-order valence-corrected chi connectivity index (χ4v) is 4.26. The molecule has 29 heavy (non-hydrogen) atoms. The van der Waals surface area contributed by atoms with Crippen LogP contribution in [0.25, 0.3) is 0 Å². The summed E-state index contributed by atoms with van der Waals surface area (Å²) in [5.74, 6) is -1.98. The Balaban J connectivity index is 1.73. The molecule has 14 heteroatoms. The average Bonchev–Trinajstić information content (AvgIpc) is 3.16. The summed E-state index contributed by atoms with van der Waals surface area (Å²) in [6, 6.07) is -0.887. The predicted octanol–water partition coefficient (Wildman–Crippen LogP) is -0.522. The van der Waals surface area contributed by atoms with Gasteiger partial charge in [0.05, 0.1) is 6.34 Å². The Kier molecular flexibility index (Phi) is 6.12. The molecule has 3 heterocycles. The van der Waals surface area contributed by atoms with Crippen LogP contribution >= 0.6 is 23.3 Å². The van der Waals surface area contributed by atoms with Gasteiger partial charge in [-0.15, -0.1) is 11.8 Å². The van der Waals surface area contributed by atoms with Crippen molar-refractivity contribution in [2.45, 2.75) is 11.4 Å². The number of carbonyl (C=O) groups is 3. The first-order valence-electron chi connectivity index (χ1n) is 8.18. The number of carboxylic acid groups (broad SMARTS) is 1. The van der Waals surface area contributed by atoms with Crippen LogP contribution in [0.3, 0.4) is 0 Å². The van der Waals surface area contributed by atoms with Crippen molar-refractivity contribution in [3.05, 3.63) is 17.6 Å². The van der Waals surface area contributed by atoms with Crippen LogP contribution in [0.5, 0.6) is 0 Å². The summed E-state index contributed by atoms with van der Waals surface area (Å²) in [5.41, 5.74) is -0.296. The van der Waals surface area contributed by atoms with Crippen molar-refractivity contribution in [1.82, 2.24) is 24.5 Å². The molecule has 1 saturated heterocycles. The van der Waals surface area contributed by atoms with E-state index >= 15 is 0 Å². The number of oxime groups is 1. The molecule has 0 spiro atoms. The van der Waals surface area contributed by atoms with Gasteiger partial charge in [-0.25, -0.2) is 9.79 Å². The summed E-state index contributed by atoms with van der Waals surface area (Å²) < 4.78 is 4.06. The number of fused-ring (bicyclic) bond motifs is 1. The highest BCUT2D eigenvalue weighted by atomic mass is 32.2. The van der Waals surface area contributed by atoms with Gasteiger partial charge in [0, 0.05) is 31.4 Å². The number of β-lactam (4-membered cyclic amide) rings is 1. The summed E-state index contributed by atoms with van der Waals surface area (Å²) in [6.07, 6.45) is 3.00. The van der Waals surface area contributed by atoms with Gasteiger partial charge >= 0.3 is 5.97 Å². The number of carboxylic acids is 1. The van der Waals surface area contributed by atoms with E-state index in [1.165, 1.54) is 31.3 Å². The lowest BCUT2D eigenvalue weighted by Crippen LogP contribution is -2.70. The van der Waals surface area contributed by atoms with E-state index in [0.29, 0.717) is 10.9 Å². The zero-order chi connectivity index (χ0) is 21.1. The highest BCUT2D eigenvalue weighted by molar-refractivity contribution is 8.00. The largest absolute Gasteiger partial charge is 0.477 e. The second-order valence-electron chi connectivity index (χ2n) is 6.01. The SMILES string of the molecule is CON=C(C(=O)NC1C(=O)N2C(C(=O)O)=CCS[C@@H]12)c1nsc(N=CN(C)C)n1. The number of amides is 2. The monoisotopic (exact) mass is 439 g/mol. The molecule has 1 fully saturated rings. The standard InChI is InChI=1S/C15H17N7O5S2/c1-21(2)6-16-15-18-10(20-29-15)8(19-27-3)11(23)17-9-12(24)22-7(14(25)26)4-5-28-13(9)22/h4,6,9,13H,5H2,1-3H3,(H,17,23)(H,25,26)/t9?,13-/m0/s1. The lowest BCUT2D eigenvalue weighted by molar-refractivity contribution is -0.150. The fraction of sp³-hybridized carbons (Fsp3) is 0.400. The summed E-state index contributed by atoms with van der Waals surface area (Å²) >= 11 is 2.32. The van der Waals surface area contributed by atoms with Gasteiger partial charge in [-0.2, -0.15) is 9.36 Å².